The van der Waals surface area contributed by atoms with Gasteiger partial charge in [-0.3, -0.25) is 0 Å². The number of aliphatic hydroxyl groups excluding tert-OH is 1. The van der Waals surface area contributed by atoms with Crippen molar-refractivity contribution in [1.82, 2.24) is 5.32 Å². The molecule has 1 atom stereocenters. The van der Waals surface area contributed by atoms with Gasteiger partial charge >= 0.3 is 0 Å². The molecule has 2 rings (SSSR count). The molecule has 0 fully saturated rings. The summed E-state index contributed by atoms with van der Waals surface area (Å²) >= 11 is 0. The molecule has 0 radical (unpaired) electrons. The third-order valence-corrected chi connectivity index (χ3v) is 3.15. The van der Waals surface area contributed by atoms with Crippen LogP contribution in [0.25, 0.3) is 0 Å². The monoisotopic (exact) mass is 275 g/mol. The first-order chi connectivity index (χ1) is 9.69. The molecule has 2 aromatic rings. The van der Waals surface area contributed by atoms with Crippen molar-refractivity contribution >= 4 is 0 Å². The van der Waals surface area contributed by atoms with E-state index in [1.165, 1.54) is 12.1 Å². The Labute approximate surface area is 117 Å². The van der Waals surface area contributed by atoms with E-state index >= 15 is 0 Å². The number of benzene rings is 2. The normalized spacial score (nSPS) is 12.3. The molecule has 0 aromatic heterocycles. The lowest BCUT2D eigenvalue weighted by atomic mass is 10.1. The number of rotatable bonds is 6. The van der Waals surface area contributed by atoms with Gasteiger partial charge in [0, 0.05) is 12.6 Å². The van der Waals surface area contributed by atoms with Gasteiger partial charge in [0.05, 0.1) is 6.61 Å². The highest BCUT2D eigenvalue weighted by atomic mass is 19.1. The third kappa shape index (κ3) is 4.05. The minimum atomic E-state index is -0.632. The Morgan fingerprint density at radius 1 is 1.05 bits per heavy atom. The molecule has 20 heavy (non-hydrogen) atoms. The van der Waals surface area contributed by atoms with E-state index < -0.39 is 5.82 Å². The number of hydrogen-bond acceptors (Lipinski definition) is 3. The second kappa shape index (κ2) is 7.03. The van der Waals surface area contributed by atoms with Gasteiger partial charge in [0.1, 0.15) is 0 Å². The Bertz CT molecular complexity index is 545. The summed E-state index contributed by atoms with van der Waals surface area (Å²) < 4.78 is 13.2. The van der Waals surface area contributed by atoms with Gasteiger partial charge in [0.25, 0.3) is 0 Å². The van der Waals surface area contributed by atoms with Crippen LogP contribution in [0.4, 0.5) is 4.39 Å². The van der Waals surface area contributed by atoms with Crippen molar-refractivity contribution in [3.05, 3.63) is 65.5 Å². The van der Waals surface area contributed by atoms with Crippen molar-refractivity contribution in [1.29, 1.82) is 0 Å². The van der Waals surface area contributed by atoms with Crippen LogP contribution in [0.2, 0.25) is 0 Å². The molecule has 0 aliphatic carbocycles. The van der Waals surface area contributed by atoms with Gasteiger partial charge < -0.3 is 15.5 Å². The lowest BCUT2D eigenvalue weighted by Gasteiger charge is -2.16. The molecule has 3 N–H and O–H groups in total. The fourth-order valence-electron chi connectivity index (χ4n) is 2.02. The van der Waals surface area contributed by atoms with Crippen molar-refractivity contribution in [2.45, 2.75) is 19.0 Å². The van der Waals surface area contributed by atoms with Gasteiger partial charge in [-0.05, 0) is 29.7 Å². The summed E-state index contributed by atoms with van der Waals surface area (Å²) in [5.41, 5.74) is 1.86. The third-order valence-electron chi connectivity index (χ3n) is 3.15. The molecule has 3 nitrogen and oxygen atoms in total. The topological polar surface area (TPSA) is 52.5 Å². The predicted octanol–water partition coefficient (Wildman–Crippen LogP) is 2.22. The summed E-state index contributed by atoms with van der Waals surface area (Å²) in [6, 6.07) is 14.1. The van der Waals surface area contributed by atoms with Crippen LogP contribution < -0.4 is 5.32 Å². The van der Waals surface area contributed by atoms with Crippen LogP contribution in [0, 0.1) is 5.82 Å². The molecule has 0 saturated heterocycles. The Morgan fingerprint density at radius 3 is 2.45 bits per heavy atom. The molecule has 0 unspecified atom stereocenters. The first-order valence-corrected chi connectivity index (χ1v) is 6.54. The van der Waals surface area contributed by atoms with Gasteiger partial charge in [-0.25, -0.2) is 4.39 Å². The van der Waals surface area contributed by atoms with Crippen LogP contribution in [-0.2, 0) is 13.0 Å². The second-order valence-corrected chi connectivity index (χ2v) is 4.74. The highest BCUT2D eigenvalue weighted by molar-refractivity contribution is 5.28. The fourth-order valence-corrected chi connectivity index (χ4v) is 2.02. The maximum atomic E-state index is 13.2. The maximum Gasteiger partial charge on any atom is 0.165 e. The molecule has 4 heteroatoms. The highest BCUT2D eigenvalue weighted by Crippen LogP contribution is 2.16. The van der Waals surface area contributed by atoms with Crippen molar-refractivity contribution in [3.63, 3.8) is 0 Å². The molecule has 0 bridgehead atoms. The standard InChI is InChI=1S/C16H18FNO2/c17-15-9-13(6-7-16(15)20)10-18-14(11-19)8-12-4-2-1-3-5-12/h1-7,9,14,18-20H,8,10-11H2/t14-/m0/s1. The minimum Gasteiger partial charge on any atom is -0.505 e. The van der Waals surface area contributed by atoms with Crippen molar-refractivity contribution < 1.29 is 14.6 Å². The number of aliphatic hydroxyl groups is 1. The second-order valence-electron chi connectivity index (χ2n) is 4.74. The lowest BCUT2D eigenvalue weighted by Crippen LogP contribution is -2.34. The molecular formula is C16H18FNO2. The summed E-state index contributed by atoms with van der Waals surface area (Å²) in [6.07, 6.45) is 0.706. The Balaban J connectivity index is 1.92. The van der Waals surface area contributed by atoms with Gasteiger partial charge in [-0.1, -0.05) is 36.4 Å². The van der Waals surface area contributed by atoms with Crippen LogP contribution in [0.1, 0.15) is 11.1 Å². The first-order valence-electron chi connectivity index (χ1n) is 6.54. The average Bonchev–Trinajstić information content (AvgIpc) is 2.48. The van der Waals surface area contributed by atoms with E-state index in [0.29, 0.717) is 13.0 Å². The zero-order valence-corrected chi connectivity index (χ0v) is 11.1. The minimum absolute atomic E-state index is 0.00938. The molecule has 0 aliphatic rings. The van der Waals surface area contributed by atoms with E-state index in [0.717, 1.165) is 11.1 Å². The molecule has 0 spiro atoms. The van der Waals surface area contributed by atoms with E-state index in [1.807, 2.05) is 30.3 Å². The van der Waals surface area contributed by atoms with Crippen LogP contribution in [0.5, 0.6) is 5.75 Å². The maximum absolute atomic E-state index is 13.2. The van der Waals surface area contributed by atoms with Crippen LogP contribution in [-0.4, -0.2) is 22.9 Å². The number of phenolic OH excluding ortho intramolecular Hbond substituents is 1. The van der Waals surface area contributed by atoms with Crippen molar-refractivity contribution in [2.75, 3.05) is 6.61 Å². The molecule has 106 valence electrons. The summed E-state index contributed by atoms with van der Waals surface area (Å²) in [5.74, 6) is -0.982. The number of phenols is 1. The van der Waals surface area contributed by atoms with Crippen LogP contribution in [0.15, 0.2) is 48.5 Å². The van der Waals surface area contributed by atoms with E-state index in [2.05, 4.69) is 5.32 Å². The van der Waals surface area contributed by atoms with E-state index in [4.69, 9.17) is 5.11 Å². The van der Waals surface area contributed by atoms with Gasteiger partial charge in [-0.15, -0.1) is 0 Å². The molecule has 0 heterocycles. The number of hydrogen-bond donors (Lipinski definition) is 3. The van der Waals surface area contributed by atoms with Crippen LogP contribution >= 0.6 is 0 Å². The van der Waals surface area contributed by atoms with E-state index in [9.17, 15) is 9.50 Å². The molecular weight excluding hydrogens is 257 g/mol. The predicted molar refractivity (Wildman–Crippen MR) is 75.9 cm³/mol. The average molecular weight is 275 g/mol. The largest absolute Gasteiger partial charge is 0.505 e. The van der Waals surface area contributed by atoms with E-state index in [-0.39, 0.29) is 18.4 Å². The van der Waals surface area contributed by atoms with Crippen molar-refractivity contribution in [2.24, 2.45) is 0 Å². The first kappa shape index (κ1) is 14.5. The Hall–Kier alpha value is -1.91. The quantitative estimate of drug-likeness (QED) is 0.757. The summed E-state index contributed by atoms with van der Waals surface area (Å²) in [4.78, 5) is 0. The number of halogens is 1. The highest BCUT2D eigenvalue weighted by Gasteiger charge is 2.08. The van der Waals surface area contributed by atoms with Gasteiger partial charge in [-0.2, -0.15) is 0 Å². The Kier molecular flexibility index (Phi) is 5.09. The summed E-state index contributed by atoms with van der Waals surface area (Å²) in [5, 5.41) is 21.7. The van der Waals surface area contributed by atoms with Gasteiger partial charge in [0.15, 0.2) is 11.6 Å². The SMILES string of the molecule is OC[C@H](Cc1ccccc1)NCc1ccc(O)c(F)c1. The fraction of sp³-hybridized carbons (Fsp3) is 0.250. The molecule has 0 aliphatic heterocycles. The Morgan fingerprint density at radius 2 is 1.80 bits per heavy atom. The summed E-state index contributed by atoms with van der Waals surface area (Å²) in [6.45, 7) is 0.449. The van der Waals surface area contributed by atoms with Crippen molar-refractivity contribution in [3.8, 4) is 5.75 Å². The molecule has 0 saturated carbocycles. The molecule has 2 aromatic carbocycles. The summed E-state index contributed by atoms with van der Waals surface area (Å²) in [7, 11) is 0. The van der Waals surface area contributed by atoms with E-state index in [1.54, 1.807) is 6.07 Å². The van der Waals surface area contributed by atoms with Gasteiger partial charge in [0.2, 0.25) is 0 Å². The van der Waals surface area contributed by atoms with Crippen LogP contribution in [0.3, 0.4) is 0 Å². The number of aromatic hydroxyl groups is 1. The number of nitrogens with one attached hydrogen (secondary N) is 1. The zero-order valence-electron chi connectivity index (χ0n) is 11.1. The molecule has 0 amide bonds. The zero-order chi connectivity index (χ0) is 14.4. The smallest absolute Gasteiger partial charge is 0.165 e. The lowest BCUT2D eigenvalue weighted by molar-refractivity contribution is 0.240.